The van der Waals surface area contributed by atoms with E-state index in [9.17, 15) is 9.59 Å². The number of esters is 1. The van der Waals surface area contributed by atoms with Crippen LogP contribution in [-0.2, 0) is 9.53 Å². The Bertz CT molecular complexity index is 664. The lowest BCUT2D eigenvalue weighted by Gasteiger charge is -2.19. The zero-order valence-corrected chi connectivity index (χ0v) is 13.1. The van der Waals surface area contributed by atoms with Crippen LogP contribution in [0.1, 0.15) is 37.6 Å². The van der Waals surface area contributed by atoms with Gasteiger partial charge in [-0.25, -0.2) is 0 Å². The molecule has 1 heterocycles. The van der Waals surface area contributed by atoms with Gasteiger partial charge in [-0.1, -0.05) is 0 Å². The first-order chi connectivity index (χ1) is 9.26. The summed E-state index contributed by atoms with van der Waals surface area (Å²) in [5, 5.41) is 0.812. The maximum absolute atomic E-state index is 12.1. The van der Waals surface area contributed by atoms with Crippen molar-refractivity contribution in [3.8, 4) is 0 Å². The molecule has 0 atom stereocenters. The van der Waals surface area contributed by atoms with Crippen LogP contribution in [0.2, 0.25) is 0 Å². The smallest absolute Gasteiger partial charge is 0.314 e. The van der Waals surface area contributed by atoms with Crippen molar-refractivity contribution in [2.45, 2.75) is 32.8 Å². The third-order valence-electron chi connectivity index (χ3n) is 2.55. The molecule has 0 saturated heterocycles. The summed E-state index contributed by atoms with van der Waals surface area (Å²) in [5.41, 5.74) is 0.544. The average Bonchev–Trinajstić information content (AvgIpc) is 2.74. The first-order valence-corrected chi connectivity index (χ1v) is 6.97. The second-order valence-electron chi connectivity index (χ2n) is 5.48. The van der Waals surface area contributed by atoms with Gasteiger partial charge in [-0.05, 0) is 54.9 Å². The second-order valence-corrected chi connectivity index (χ2v) is 6.34. The highest BCUT2D eigenvalue weighted by atomic mass is 79.9. The Morgan fingerprint density at radius 2 is 2.00 bits per heavy atom. The lowest BCUT2D eigenvalue weighted by atomic mass is 10.1. The third kappa shape index (κ3) is 3.48. The molecule has 0 saturated carbocycles. The van der Waals surface area contributed by atoms with E-state index < -0.39 is 11.6 Å². The Balaban J connectivity index is 2.17. The minimum Gasteiger partial charge on any atom is -0.463 e. The van der Waals surface area contributed by atoms with E-state index in [0.29, 0.717) is 15.6 Å². The fourth-order valence-electron chi connectivity index (χ4n) is 1.81. The molecule has 0 radical (unpaired) electrons. The van der Waals surface area contributed by atoms with Gasteiger partial charge in [0.25, 0.3) is 0 Å². The van der Waals surface area contributed by atoms with Crippen molar-refractivity contribution < 1.29 is 18.7 Å². The van der Waals surface area contributed by atoms with Crippen LogP contribution in [0, 0.1) is 0 Å². The molecule has 20 heavy (non-hydrogen) atoms. The number of carbonyl (C=O) groups excluding carboxylic acids is 2. The number of ether oxygens (including phenoxy) is 1. The second kappa shape index (κ2) is 5.40. The number of rotatable bonds is 3. The van der Waals surface area contributed by atoms with E-state index in [0.717, 1.165) is 5.39 Å². The van der Waals surface area contributed by atoms with Crippen molar-refractivity contribution in [1.29, 1.82) is 0 Å². The van der Waals surface area contributed by atoms with Crippen LogP contribution in [0.15, 0.2) is 33.4 Å². The quantitative estimate of drug-likeness (QED) is 0.480. The predicted molar refractivity (Wildman–Crippen MR) is 78.7 cm³/mol. The number of hydrogen-bond acceptors (Lipinski definition) is 4. The Hall–Kier alpha value is -1.62. The minimum absolute atomic E-state index is 0.271. The Morgan fingerprint density at radius 3 is 2.65 bits per heavy atom. The number of benzene rings is 1. The molecule has 0 unspecified atom stereocenters. The summed E-state index contributed by atoms with van der Waals surface area (Å²) in [6.45, 7) is 5.30. The average molecular weight is 339 g/mol. The van der Waals surface area contributed by atoms with E-state index >= 15 is 0 Å². The number of hydrogen-bond donors (Lipinski definition) is 0. The molecule has 0 amide bonds. The van der Waals surface area contributed by atoms with Crippen LogP contribution < -0.4 is 0 Å². The van der Waals surface area contributed by atoms with Gasteiger partial charge in [0, 0.05) is 10.9 Å². The standard InChI is InChI=1S/C15H15BrO4/c1-15(2,3)20-13(18)8-12(17)10-6-9-4-5-19-14(9)11(16)7-10/h4-7H,8H2,1-3H3. The summed E-state index contributed by atoms with van der Waals surface area (Å²) < 4.78 is 11.1. The summed E-state index contributed by atoms with van der Waals surface area (Å²) in [5.74, 6) is -0.797. The van der Waals surface area contributed by atoms with Crippen LogP contribution in [0.4, 0.5) is 0 Å². The molecule has 2 rings (SSSR count). The van der Waals surface area contributed by atoms with Gasteiger partial charge in [0.1, 0.15) is 17.6 Å². The molecular formula is C15H15BrO4. The Kier molecular flexibility index (Phi) is 3.99. The van der Waals surface area contributed by atoms with Gasteiger partial charge >= 0.3 is 5.97 Å². The van der Waals surface area contributed by atoms with Crippen LogP contribution in [0.5, 0.6) is 0 Å². The monoisotopic (exact) mass is 338 g/mol. The Labute approximate surface area is 125 Å². The number of ketones is 1. The van der Waals surface area contributed by atoms with Crippen molar-refractivity contribution in [2.24, 2.45) is 0 Å². The number of carbonyl (C=O) groups is 2. The van der Waals surface area contributed by atoms with Crippen LogP contribution in [-0.4, -0.2) is 17.4 Å². The van der Waals surface area contributed by atoms with E-state index in [-0.39, 0.29) is 12.2 Å². The Morgan fingerprint density at radius 1 is 1.30 bits per heavy atom. The molecule has 0 fully saturated rings. The van der Waals surface area contributed by atoms with Gasteiger partial charge in [0.2, 0.25) is 0 Å². The molecule has 4 nitrogen and oxygen atoms in total. The van der Waals surface area contributed by atoms with Crippen LogP contribution in [0.3, 0.4) is 0 Å². The molecule has 2 aromatic rings. The highest BCUT2D eigenvalue weighted by Crippen LogP contribution is 2.27. The molecule has 0 aliphatic rings. The topological polar surface area (TPSA) is 56.5 Å². The van der Waals surface area contributed by atoms with Gasteiger partial charge in [-0.15, -0.1) is 0 Å². The fraction of sp³-hybridized carbons (Fsp3) is 0.333. The maximum atomic E-state index is 12.1. The molecule has 1 aromatic carbocycles. The van der Waals surface area contributed by atoms with E-state index in [2.05, 4.69) is 15.9 Å². The highest BCUT2D eigenvalue weighted by Gasteiger charge is 2.20. The minimum atomic E-state index is -0.591. The molecule has 1 aromatic heterocycles. The first kappa shape index (κ1) is 14.8. The number of furan rings is 1. The largest absolute Gasteiger partial charge is 0.463 e. The third-order valence-corrected chi connectivity index (χ3v) is 3.14. The van der Waals surface area contributed by atoms with Gasteiger partial charge in [0.15, 0.2) is 5.78 Å². The number of halogens is 1. The van der Waals surface area contributed by atoms with Crippen molar-refractivity contribution >= 4 is 38.7 Å². The summed E-state index contributed by atoms with van der Waals surface area (Å²) in [6, 6.07) is 5.12. The summed E-state index contributed by atoms with van der Waals surface area (Å²) in [6.07, 6.45) is 1.28. The summed E-state index contributed by atoms with van der Waals surface area (Å²) in [4.78, 5) is 23.8. The molecule has 0 spiro atoms. The SMILES string of the molecule is CC(C)(C)OC(=O)CC(=O)c1cc(Br)c2occc2c1. The number of Topliss-reactive ketones (excluding diaryl/α,β-unsaturated/α-hetero) is 1. The van der Waals surface area contributed by atoms with Crippen molar-refractivity contribution in [3.05, 3.63) is 34.5 Å². The maximum Gasteiger partial charge on any atom is 0.314 e. The molecule has 0 aliphatic heterocycles. The summed E-state index contributed by atoms with van der Waals surface area (Å²) in [7, 11) is 0. The van der Waals surface area contributed by atoms with Crippen LogP contribution >= 0.6 is 15.9 Å². The van der Waals surface area contributed by atoms with Crippen molar-refractivity contribution in [3.63, 3.8) is 0 Å². The van der Waals surface area contributed by atoms with E-state index in [4.69, 9.17) is 9.15 Å². The van der Waals surface area contributed by atoms with Gasteiger partial charge < -0.3 is 9.15 Å². The van der Waals surface area contributed by atoms with Crippen LogP contribution in [0.25, 0.3) is 11.0 Å². The number of fused-ring (bicyclic) bond motifs is 1. The van der Waals surface area contributed by atoms with E-state index in [1.807, 2.05) is 0 Å². The first-order valence-electron chi connectivity index (χ1n) is 6.18. The van der Waals surface area contributed by atoms with Gasteiger partial charge in [0.05, 0.1) is 10.7 Å². The van der Waals surface area contributed by atoms with Gasteiger partial charge in [-0.2, -0.15) is 0 Å². The van der Waals surface area contributed by atoms with Gasteiger partial charge in [-0.3, -0.25) is 9.59 Å². The molecule has 106 valence electrons. The van der Waals surface area contributed by atoms with E-state index in [1.54, 1.807) is 45.2 Å². The molecule has 0 N–H and O–H groups in total. The van der Waals surface area contributed by atoms with E-state index in [1.165, 1.54) is 0 Å². The normalized spacial score (nSPS) is 11.6. The molecule has 0 bridgehead atoms. The predicted octanol–water partition coefficient (Wildman–Crippen LogP) is 4.11. The zero-order chi connectivity index (χ0) is 14.9. The molecule has 5 heteroatoms. The lowest BCUT2D eigenvalue weighted by Crippen LogP contribution is -2.25. The molecule has 0 aliphatic carbocycles. The summed E-state index contributed by atoms with van der Waals surface area (Å²) >= 11 is 3.35. The highest BCUT2D eigenvalue weighted by molar-refractivity contribution is 9.10. The lowest BCUT2D eigenvalue weighted by molar-refractivity contribution is -0.153. The fourth-order valence-corrected chi connectivity index (χ4v) is 2.38. The zero-order valence-electron chi connectivity index (χ0n) is 11.5. The van der Waals surface area contributed by atoms with Crippen molar-refractivity contribution in [1.82, 2.24) is 0 Å². The van der Waals surface area contributed by atoms with Crippen molar-refractivity contribution in [2.75, 3.05) is 0 Å². The molecular weight excluding hydrogens is 324 g/mol.